The Balaban J connectivity index is 1.50. The first kappa shape index (κ1) is 26.7. The molecule has 2 aliphatic heterocycles. The minimum atomic E-state index is -0.0587. The van der Waals surface area contributed by atoms with E-state index in [4.69, 9.17) is 0 Å². The summed E-state index contributed by atoms with van der Waals surface area (Å²) in [6, 6.07) is 17.4. The van der Waals surface area contributed by atoms with Gasteiger partial charge in [0.15, 0.2) is 5.71 Å². The minimum Gasteiger partial charge on any atom is -0.359 e. The van der Waals surface area contributed by atoms with Crippen molar-refractivity contribution in [1.82, 2.24) is 5.32 Å². The molecule has 37 heavy (non-hydrogen) atoms. The van der Waals surface area contributed by atoms with Crippen molar-refractivity contribution >= 4 is 23.0 Å². The van der Waals surface area contributed by atoms with Crippen LogP contribution < -0.4 is 10.2 Å². The Bertz CT molecular complexity index is 1280. The Morgan fingerprint density at radius 3 is 2.32 bits per heavy atom. The van der Waals surface area contributed by atoms with E-state index >= 15 is 0 Å². The molecule has 0 saturated heterocycles. The monoisotopic (exact) mass is 496 g/mol. The van der Waals surface area contributed by atoms with E-state index in [1.165, 1.54) is 33.9 Å². The van der Waals surface area contributed by atoms with E-state index in [9.17, 15) is 4.79 Å². The number of carbonyl (C=O) groups is 1. The third-order valence-electron chi connectivity index (χ3n) is 8.03. The van der Waals surface area contributed by atoms with Crippen LogP contribution in [0.2, 0.25) is 0 Å². The quantitative estimate of drug-likeness (QED) is 0.236. The average Bonchev–Trinajstić information content (AvgIpc) is 3.22. The molecule has 0 spiro atoms. The van der Waals surface area contributed by atoms with Crippen molar-refractivity contribution in [2.24, 2.45) is 0 Å². The van der Waals surface area contributed by atoms with Gasteiger partial charge >= 0.3 is 0 Å². The molecule has 4 nitrogen and oxygen atoms in total. The molecule has 0 atom stereocenters. The molecule has 2 aromatic carbocycles. The predicted molar refractivity (Wildman–Crippen MR) is 156 cm³/mol. The first-order chi connectivity index (χ1) is 17.7. The molecule has 0 aliphatic carbocycles. The van der Waals surface area contributed by atoms with E-state index in [0.717, 1.165) is 25.8 Å². The Kier molecular flexibility index (Phi) is 7.87. The zero-order chi connectivity index (χ0) is 26.6. The number of nitrogens with zero attached hydrogens (tertiary/aromatic N) is 2. The van der Waals surface area contributed by atoms with Crippen LogP contribution in [0.3, 0.4) is 0 Å². The molecule has 2 heterocycles. The topological polar surface area (TPSA) is 35.4 Å². The van der Waals surface area contributed by atoms with Gasteiger partial charge < -0.3 is 10.2 Å². The summed E-state index contributed by atoms with van der Waals surface area (Å²) in [6.07, 6.45) is 14.6. The number of hydrogen-bond acceptors (Lipinski definition) is 2. The van der Waals surface area contributed by atoms with Crippen molar-refractivity contribution < 1.29 is 9.37 Å². The average molecular weight is 497 g/mol. The highest BCUT2D eigenvalue weighted by Gasteiger charge is 2.42. The number of para-hydroxylation sites is 2. The minimum absolute atomic E-state index is 0.0160. The second-order valence-corrected chi connectivity index (χ2v) is 11.2. The molecule has 4 heteroatoms. The number of rotatable bonds is 9. The summed E-state index contributed by atoms with van der Waals surface area (Å²) in [5.41, 5.74) is 7.89. The fourth-order valence-corrected chi connectivity index (χ4v) is 5.90. The van der Waals surface area contributed by atoms with Crippen LogP contribution in [0.1, 0.15) is 64.5 Å². The molecule has 0 bridgehead atoms. The second kappa shape index (κ2) is 10.9. The van der Waals surface area contributed by atoms with Gasteiger partial charge in [-0.3, -0.25) is 4.79 Å². The van der Waals surface area contributed by atoms with Gasteiger partial charge in [-0.05, 0) is 44.4 Å². The Hall–Kier alpha value is -3.40. The maximum Gasteiger partial charge on any atom is 0.219 e. The smallest absolute Gasteiger partial charge is 0.219 e. The number of hydrogen-bond donors (Lipinski definition) is 1. The highest BCUT2D eigenvalue weighted by molar-refractivity contribution is 6.03. The highest BCUT2D eigenvalue weighted by atomic mass is 16.1. The Morgan fingerprint density at radius 1 is 0.892 bits per heavy atom. The van der Waals surface area contributed by atoms with Crippen molar-refractivity contribution in [3.8, 4) is 0 Å². The molecule has 0 aromatic heterocycles. The predicted octanol–water partition coefficient (Wildman–Crippen LogP) is 6.79. The van der Waals surface area contributed by atoms with Gasteiger partial charge in [-0.15, -0.1) is 0 Å². The van der Waals surface area contributed by atoms with Gasteiger partial charge in [0.25, 0.3) is 0 Å². The maximum absolute atomic E-state index is 11.6. The number of anilines is 1. The van der Waals surface area contributed by atoms with E-state index in [2.05, 4.69) is 128 Å². The molecule has 0 unspecified atom stereocenters. The van der Waals surface area contributed by atoms with Crippen LogP contribution in [0, 0.1) is 0 Å². The molecule has 0 radical (unpaired) electrons. The van der Waals surface area contributed by atoms with Crippen LogP contribution in [0.5, 0.6) is 0 Å². The largest absolute Gasteiger partial charge is 0.359 e. The summed E-state index contributed by atoms with van der Waals surface area (Å²) in [4.78, 5) is 14.0. The molecule has 1 N–H and O–H groups in total. The number of carbonyl (C=O) groups excluding carboxylic acids is 1. The number of nitrogens with one attached hydrogen (secondary N) is 1. The van der Waals surface area contributed by atoms with E-state index in [-0.39, 0.29) is 16.7 Å². The number of unbranched alkanes of at least 4 members (excludes halogenated alkanes) is 2. The molecule has 4 rings (SSSR count). The number of allylic oxidation sites excluding steroid dienone is 6. The van der Waals surface area contributed by atoms with Gasteiger partial charge in [0.05, 0.1) is 5.41 Å². The number of amides is 1. The van der Waals surface area contributed by atoms with Crippen LogP contribution in [0.25, 0.3) is 0 Å². The summed E-state index contributed by atoms with van der Waals surface area (Å²) in [5.74, 6) is 0.126. The van der Waals surface area contributed by atoms with Crippen LogP contribution >= 0.6 is 0 Å². The van der Waals surface area contributed by atoms with Crippen LogP contribution in [-0.2, 0) is 15.6 Å². The van der Waals surface area contributed by atoms with Crippen molar-refractivity contribution in [3.63, 3.8) is 0 Å². The summed E-state index contributed by atoms with van der Waals surface area (Å²) in [5, 5.41) is 2.71. The van der Waals surface area contributed by atoms with Gasteiger partial charge in [-0.1, -0.05) is 74.9 Å². The highest BCUT2D eigenvalue weighted by Crippen LogP contribution is 2.47. The fraction of sp³-hybridized carbons (Fsp3) is 0.394. The first-order valence-corrected chi connectivity index (χ1v) is 13.5. The van der Waals surface area contributed by atoms with E-state index in [0.29, 0.717) is 6.42 Å². The van der Waals surface area contributed by atoms with E-state index in [1.807, 2.05) is 0 Å². The second-order valence-electron chi connectivity index (χ2n) is 11.2. The molecular formula is C33H42N3O+. The van der Waals surface area contributed by atoms with Gasteiger partial charge in [0.1, 0.15) is 7.05 Å². The third-order valence-corrected chi connectivity index (χ3v) is 8.03. The number of benzene rings is 2. The van der Waals surface area contributed by atoms with E-state index in [1.54, 1.807) is 7.05 Å². The van der Waals surface area contributed by atoms with Crippen LogP contribution in [-0.4, -0.2) is 36.8 Å². The third kappa shape index (κ3) is 5.20. The number of fused-ring (bicyclic) bond motifs is 2. The standard InChI is InChI=1S/C33H41N3O/c1-32(2)25-17-12-14-19-27(25)35(6)29(32)21-9-7-10-22-30-33(3,4)26-18-13-15-20-28(26)36(30)24-16-8-11-23-31(37)34-5/h7,9-10,12-15,17-22H,8,11,16,23-24H2,1-6H3/p+1. The van der Waals surface area contributed by atoms with Crippen molar-refractivity contribution in [3.05, 3.63) is 95.7 Å². The van der Waals surface area contributed by atoms with Gasteiger partial charge in [-0.2, -0.15) is 4.58 Å². The summed E-state index contributed by atoms with van der Waals surface area (Å²) >= 11 is 0. The molecule has 1 amide bonds. The molecule has 194 valence electrons. The maximum atomic E-state index is 11.6. The van der Waals surface area contributed by atoms with Gasteiger partial charge in [0, 0.05) is 54.5 Å². The molecule has 2 aromatic rings. The Morgan fingerprint density at radius 2 is 1.59 bits per heavy atom. The van der Waals surface area contributed by atoms with Crippen molar-refractivity contribution in [2.45, 2.75) is 64.2 Å². The summed E-state index contributed by atoms with van der Waals surface area (Å²) < 4.78 is 2.31. The lowest BCUT2D eigenvalue weighted by Crippen LogP contribution is -2.27. The van der Waals surface area contributed by atoms with Gasteiger partial charge in [-0.25, -0.2) is 0 Å². The lowest BCUT2D eigenvalue weighted by atomic mass is 9.81. The summed E-state index contributed by atoms with van der Waals surface area (Å²) in [7, 11) is 3.86. The lowest BCUT2D eigenvalue weighted by molar-refractivity contribution is -0.401. The van der Waals surface area contributed by atoms with Crippen LogP contribution in [0.15, 0.2) is 84.6 Å². The van der Waals surface area contributed by atoms with Crippen LogP contribution in [0.4, 0.5) is 11.4 Å². The van der Waals surface area contributed by atoms with Gasteiger partial charge in [0.2, 0.25) is 11.6 Å². The normalized spacial score (nSPS) is 18.8. The Labute approximate surface area is 223 Å². The van der Waals surface area contributed by atoms with Crippen molar-refractivity contribution in [2.75, 3.05) is 25.5 Å². The molecule has 0 saturated carbocycles. The van der Waals surface area contributed by atoms with E-state index < -0.39 is 0 Å². The lowest BCUT2D eigenvalue weighted by Gasteiger charge is -2.27. The van der Waals surface area contributed by atoms with Crippen molar-refractivity contribution in [1.29, 1.82) is 0 Å². The zero-order valence-electron chi connectivity index (χ0n) is 23.3. The molecular weight excluding hydrogens is 454 g/mol. The fourth-order valence-electron chi connectivity index (χ4n) is 5.90. The SMILES string of the molecule is CNC(=O)CCCCCN1/C(=C/C=C/C=C/C2=[N+](C)c3ccccc3C2(C)C)C(C)(C)c2ccccc21. The molecule has 0 fully saturated rings. The summed E-state index contributed by atoms with van der Waals surface area (Å²) in [6.45, 7) is 10.2. The zero-order valence-corrected chi connectivity index (χ0v) is 23.3. The first-order valence-electron chi connectivity index (χ1n) is 13.5. The molecule has 2 aliphatic rings.